The summed E-state index contributed by atoms with van der Waals surface area (Å²) in [5.41, 5.74) is -0.826. The van der Waals surface area contributed by atoms with Crippen molar-refractivity contribution in [3.05, 3.63) is 17.2 Å². The van der Waals surface area contributed by atoms with Crippen LogP contribution in [-0.2, 0) is 16.0 Å². The Morgan fingerprint density at radius 1 is 1.60 bits per heavy atom. The molecule has 1 rings (SSSR count). The molecule has 7 heteroatoms. The molecule has 0 aliphatic rings. The molecule has 84 valence electrons. The Hall–Kier alpha value is -1.53. The zero-order chi connectivity index (χ0) is 11.4. The number of aromatic nitrogens is 2. The molecule has 0 amide bonds. The molecule has 1 atom stereocenters. The van der Waals surface area contributed by atoms with Gasteiger partial charge in [0, 0.05) is 12.0 Å². The average molecular weight is 222 g/mol. The van der Waals surface area contributed by atoms with Gasteiger partial charge in [-0.15, -0.1) is 5.10 Å². The number of aromatic amines is 1. The summed E-state index contributed by atoms with van der Waals surface area (Å²) in [6.45, 7) is 1.65. The maximum Gasteiger partial charge on any atom is 0.293 e. The zero-order valence-corrected chi connectivity index (χ0v) is 7.84. The van der Waals surface area contributed by atoms with Gasteiger partial charge in [0.1, 0.15) is 11.8 Å². The van der Waals surface area contributed by atoms with E-state index in [9.17, 15) is 18.0 Å². The molecule has 15 heavy (non-hydrogen) atoms. The first-order valence-electron chi connectivity index (χ1n) is 4.16. The molecule has 1 unspecified atom stereocenters. The van der Waals surface area contributed by atoms with Gasteiger partial charge in [-0.3, -0.25) is 9.89 Å². The molecule has 0 radical (unpaired) electrons. The molecule has 0 spiro atoms. The number of carbonyl (C=O) groups is 1. The number of halogens is 3. The summed E-state index contributed by atoms with van der Waals surface area (Å²) in [5, 5.41) is 4.94. The average Bonchev–Trinajstić information content (AvgIpc) is 2.48. The Morgan fingerprint density at radius 3 is 2.80 bits per heavy atom. The molecule has 1 aromatic rings. The van der Waals surface area contributed by atoms with Gasteiger partial charge in [-0.25, -0.2) is 8.78 Å². The van der Waals surface area contributed by atoms with E-state index in [0.29, 0.717) is 0 Å². The summed E-state index contributed by atoms with van der Waals surface area (Å²) >= 11 is 0. The molecule has 1 aromatic heterocycles. The van der Waals surface area contributed by atoms with Crippen LogP contribution in [0.25, 0.3) is 0 Å². The van der Waals surface area contributed by atoms with E-state index in [1.54, 1.807) is 0 Å². The first kappa shape index (κ1) is 11.5. The lowest BCUT2D eigenvalue weighted by Gasteiger charge is -2.08. The molecular weight excluding hydrogens is 213 g/mol. The third-order valence-corrected chi connectivity index (χ3v) is 1.85. The number of nitrogens with one attached hydrogen (secondary N) is 1. The Labute approximate surface area is 83.4 Å². The number of nitrogens with zero attached hydrogens (tertiary/aromatic N) is 1. The molecule has 0 fully saturated rings. The minimum absolute atomic E-state index is 0.138. The lowest BCUT2D eigenvalue weighted by Crippen LogP contribution is -2.12. The maximum atomic E-state index is 13.0. The lowest BCUT2D eigenvalue weighted by molar-refractivity contribution is -0.132. The fraction of sp³-hybridized carbons (Fsp3) is 0.500. The van der Waals surface area contributed by atoms with Crippen LogP contribution in [0, 0.1) is 5.95 Å². The van der Waals surface area contributed by atoms with Crippen LogP contribution in [0.15, 0.2) is 0 Å². The number of hydrogen-bond donors (Lipinski definition) is 1. The van der Waals surface area contributed by atoms with Crippen molar-refractivity contribution in [2.75, 3.05) is 0 Å². The van der Waals surface area contributed by atoms with Crippen LogP contribution in [0.2, 0.25) is 0 Å². The van der Waals surface area contributed by atoms with E-state index in [-0.39, 0.29) is 18.5 Å². The number of rotatable bonds is 5. The fourth-order valence-corrected chi connectivity index (χ4v) is 1.16. The van der Waals surface area contributed by atoms with Crippen LogP contribution in [0.5, 0.6) is 0 Å². The van der Waals surface area contributed by atoms with Gasteiger partial charge in [0.05, 0.1) is 0 Å². The second kappa shape index (κ2) is 4.81. The molecule has 0 aliphatic heterocycles. The molecule has 0 aromatic carbocycles. The summed E-state index contributed by atoms with van der Waals surface area (Å²) in [6, 6.07) is 0. The number of hydrogen-bond acceptors (Lipinski definition) is 3. The highest BCUT2D eigenvalue weighted by atomic mass is 19.3. The van der Waals surface area contributed by atoms with Crippen LogP contribution in [0.3, 0.4) is 0 Å². The smallest absolute Gasteiger partial charge is 0.293 e. The van der Waals surface area contributed by atoms with E-state index in [1.807, 2.05) is 5.10 Å². The Morgan fingerprint density at radius 2 is 2.27 bits per heavy atom. The number of alkyl halides is 2. The van der Waals surface area contributed by atoms with E-state index in [0.717, 1.165) is 0 Å². The fourth-order valence-electron chi connectivity index (χ4n) is 1.16. The van der Waals surface area contributed by atoms with E-state index < -0.39 is 24.2 Å². The molecule has 1 heterocycles. The Kier molecular flexibility index (Phi) is 3.70. The predicted molar refractivity (Wildman–Crippen MR) is 43.8 cm³/mol. The molecule has 0 aliphatic carbocycles. The van der Waals surface area contributed by atoms with E-state index in [1.165, 1.54) is 6.92 Å². The molecule has 1 N–H and O–H groups in total. The third kappa shape index (κ3) is 2.71. The van der Waals surface area contributed by atoms with Crippen molar-refractivity contribution in [3.8, 4) is 0 Å². The van der Waals surface area contributed by atoms with Gasteiger partial charge in [0.2, 0.25) is 5.95 Å². The number of H-pyrrole nitrogens is 1. The Balaban J connectivity index is 2.82. The van der Waals surface area contributed by atoms with Crippen molar-refractivity contribution in [1.82, 2.24) is 10.2 Å². The largest absolute Gasteiger partial charge is 0.465 e. The lowest BCUT2D eigenvalue weighted by atomic mass is 10.1. The first-order valence-corrected chi connectivity index (χ1v) is 4.16. The molecular formula is C8H9F3N2O2. The summed E-state index contributed by atoms with van der Waals surface area (Å²) in [5.74, 6) is -0.994. The van der Waals surface area contributed by atoms with Crippen LogP contribution >= 0.6 is 0 Å². The van der Waals surface area contributed by atoms with Crippen LogP contribution in [-0.4, -0.2) is 22.8 Å². The SMILES string of the molecule is CC(Cc1c(F)n[nH]c1C(F)F)OC=O. The Bertz CT molecular complexity index is 341. The summed E-state index contributed by atoms with van der Waals surface area (Å²) < 4.78 is 42.1. The highest BCUT2D eigenvalue weighted by Gasteiger charge is 2.22. The van der Waals surface area contributed by atoms with Gasteiger partial charge in [0.15, 0.2) is 0 Å². The van der Waals surface area contributed by atoms with E-state index in [2.05, 4.69) is 9.84 Å². The standard InChI is InChI=1S/C8H9F3N2O2/c1-4(15-3-14)2-5-6(7(9)10)12-13-8(5)11/h3-4,7H,2H2,1H3,(H,12,13). The predicted octanol–water partition coefficient (Wildman–Crippen LogP) is 1.59. The van der Waals surface area contributed by atoms with E-state index >= 15 is 0 Å². The van der Waals surface area contributed by atoms with Gasteiger partial charge in [-0.05, 0) is 6.92 Å². The van der Waals surface area contributed by atoms with Crippen molar-refractivity contribution in [2.45, 2.75) is 25.9 Å². The number of carbonyl (C=O) groups excluding carboxylic acids is 1. The zero-order valence-electron chi connectivity index (χ0n) is 7.84. The first-order chi connectivity index (χ1) is 7.06. The molecule has 4 nitrogen and oxygen atoms in total. The van der Waals surface area contributed by atoms with Crippen LogP contribution in [0.1, 0.15) is 24.6 Å². The molecule has 0 saturated carbocycles. The minimum Gasteiger partial charge on any atom is -0.465 e. The van der Waals surface area contributed by atoms with Crippen LogP contribution < -0.4 is 0 Å². The monoisotopic (exact) mass is 222 g/mol. The summed E-state index contributed by atoms with van der Waals surface area (Å²) in [6.07, 6.45) is -3.65. The van der Waals surface area contributed by atoms with Crippen LogP contribution in [0.4, 0.5) is 13.2 Å². The van der Waals surface area contributed by atoms with Crippen molar-refractivity contribution in [3.63, 3.8) is 0 Å². The van der Waals surface area contributed by atoms with Gasteiger partial charge in [-0.2, -0.15) is 4.39 Å². The van der Waals surface area contributed by atoms with Crippen molar-refractivity contribution in [1.29, 1.82) is 0 Å². The van der Waals surface area contributed by atoms with Crippen molar-refractivity contribution in [2.24, 2.45) is 0 Å². The second-order valence-electron chi connectivity index (χ2n) is 2.95. The van der Waals surface area contributed by atoms with Gasteiger partial charge >= 0.3 is 0 Å². The summed E-state index contributed by atoms with van der Waals surface area (Å²) in [7, 11) is 0. The quantitative estimate of drug-likeness (QED) is 0.769. The molecule has 0 saturated heterocycles. The van der Waals surface area contributed by atoms with Gasteiger partial charge < -0.3 is 4.74 Å². The normalized spacial score (nSPS) is 12.9. The maximum absolute atomic E-state index is 13.0. The minimum atomic E-state index is -2.83. The number of ether oxygens (including phenoxy) is 1. The highest BCUT2D eigenvalue weighted by Crippen LogP contribution is 2.23. The van der Waals surface area contributed by atoms with Gasteiger partial charge in [0.25, 0.3) is 12.9 Å². The molecule has 0 bridgehead atoms. The third-order valence-electron chi connectivity index (χ3n) is 1.85. The van der Waals surface area contributed by atoms with E-state index in [4.69, 9.17) is 0 Å². The second-order valence-corrected chi connectivity index (χ2v) is 2.95. The topological polar surface area (TPSA) is 55.0 Å². The van der Waals surface area contributed by atoms with Crippen molar-refractivity contribution >= 4 is 6.47 Å². The van der Waals surface area contributed by atoms with Gasteiger partial charge in [-0.1, -0.05) is 0 Å². The van der Waals surface area contributed by atoms with Crippen molar-refractivity contribution < 1.29 is 22.7 Å². The highest BCUT2D eigenvalue weighted by molar-refractivity contribution is 5.37. The summed E-state index contributed by atoms with van der Waals surface area (Å²) in [4.78, 5) is 9.96.